The summed E-state index contributed by atoms with van der Waals surface area (Å²) in [5.74, 6) is -0.448. The van der Waals surface area contributed by atoms with Crippen molar-refractivity contribution < 1.29 is 14.3 Å². The normalized spacial score (nSPS) is 23.4. The third-order valence-corrected chi connectivity index (χ3v) is 4.63. The zero-order chi connectivity index (χ0) is 14.7. The number of hydrogen-bond donors (Lipinski definition) is 2. The Morgan fingerprint density at radius 2 is 2.19 bits per heavy atom. The molecule has 1 atom stereocenters. The van der Waals surface area contributed by atoms with Crippen LogP contribution in [0.4, 0.5) is 10.5 Å². The molecule has 0 unspecified atom stereocenters. The molecule has 1 heterocycles. The molecule has 2 aliphatic rings. The van der Waals surface area contributed by atoms with E-state index in [1.54, 1.807) is 11.8 Å². The summed E-state index contributed by atoms with van der Waals surface area (Å²) in [5, 5.41) is 5.88. The van der Waals surface area contributed by atoms with Gasteiger partial charge in [0.1, 0.15) is 0 Å². The van der Waals surface area contributed by atoms with Gasteiger partial charge in [0.15, 0.2) is 5.79 Å². The lowest BCUT2D eigenvalue weighted by Gasteiger charge is -2.21. The van der Waals surface area contributed by atoms with Crippen LogP contribution in [-0.4, -0.2) is 37.3 Å². The van der Waals surface area contributed by atoms with Crippen LogP contribution in [0.5, 0.6) is 0 Å². The van der Waals surface area contributed by atoms with Crippen LogP contribution >= 0.6 is 11.8 Å². The molecule has 114 valence electrons. The van der Waals surface area contributed by atoms with E-state index < -0.39 is 5.79 Å². The van der Waals surface area contributed by atoms with E-state index >= 15 is 0 Å². The molecular weight excluding hydrogens is 288 g/mol. The van der Waals surface area contributed by atoms with E-state index in [9.17, 15) is 4.79 Å². The number of hydrogen-bond acceptors (Lipinski definition) is 4. The van der Waals surface area contributed by atoms with Crippen LogP contribution in [0.1, 0.15) is 19.3 Å². The summed E-state index contributed by atoms with van der Waals surface area (Å²) in [7, 11) is 0. The van der Waals surface area contributed by atoms with Crippen LogP contribution in [-0.2, 0) is 9.47 Å². The Bertz CT molecular complexity index is 517. The van der Waals surface area contributed by atoms with Crippen molar-refractivity contribution in [3.8, 4) is 0 Å². The quantitative estimate of drug-likeness (QED) is 0.843. The molecule has 1 aliphatic carbocycles. The maximum Gasteiger partial charge on any atom is 0.319 e. The largest absolute Gasteiger partial charge is 0.347 e. The van der Waals surface area contributed by atoms with Gasteiger partial charge in [-0.05, 0) is 30.9 Å². The topological polar surface area (TPSA) is 59.6 Å². The molecule has 0 bridgehead atoms. The van der Waals surface area contributed by atoms with Crippen LogP contribution in [0.2, 0.25) is 0 Å². The van der Waals surface area contributed by atoms with Crippen molar-refractivity contribution in [2.24, 2.45) is 0 Å². The van der Waals surface area contributed by atoms with Gasteiger partial charge in [-0.25, -0.2) is 4.79 Å². The first-order chi connectivity index (χ1) is 10.2. The highest BCUT2D eigenvalue weighted by molar-refractivity contribution is 7.98. The molecule has 6 heteroatoms. The van der Waals surface area contributed by atoms with Gasteiger partial charge in [0.05, 0.1) is 13.2 Å². The molecule has 1 saturated carbocycles. The second-order valence-electron chi connectivity index (χ2n) is 5.38. The Balaban J connectivity index is 1.52. The summed E-state index contributed by atoms with van der Waals surface area (Å²) < 4.78 is 11.3. The zero-order valence-electron chi connectivity index (χ0n) is 12.1. The number of benzene rings is 1. The van der Waals surface area contributed by atoms with Crippen LogP contribution in [0.25, 0.3) is 0 Å². The van der Waals surface area contributed by atoms with E-state index in [-0.39, 0.29) is 12.1 Å². The van der Waals surface area contributed by atoms with E-state index in [0.29, 0.717) is 13.2 Å². The van der Waals surface area contributed by atoms with E-state index in [0.717, 1.165) is 29.8 Å². The van der Waals surface area contributed by atoms with Crippen molar-refractivity contribution in [2.75, 3.05) is 24.8 Å². The standard InChI is InChI=1S/C15H20N2O3S/c1-21-13-4-2-3-11(9-13)16-14(18)17-12-5-6-15(10-12)19-7-8-20-15/h2-4,9,12H,5-8,10H2,1H3,(H2,16,17,18)/t12-/m0/s1. The summed E-state index contributed by atoms with van der Waals surface area (Å²) in [4.78, 5) is 13.2. The molecule has 21 heavy (non-hydrogen) atoms. The van der Waals surface area contributed by atoms with Crippen molar-refractivity contribution in [1.29, 1.82) is 0 Å². The molecule has 3 rings (SSSR count). The first-order valence-corrected chi connectivity index (χ1v) is 8.41. The van der Waals surface area contributed by atoms with Crippen molar-refractivity contribution >= 4 is 23.5 Å². The summed E-state index contributed by atoms with van der Waals surface area (Å²) in [6.45, 7) is 1.31. The SMILES string of the molecule is CSc1cccc(NC(=O)N[C@H]2CCC3(C2)OCCO3)c1. The lowest BCUT2D eigenvalue weighted by Crippen LogP contribution is -2.38. The highest BCUT2D eigenvalue weighted by Gasteiger charge is 2.44. The third kappa shape index (κ3) is 3.51. The number of amides is 2. The molecule has 0 radical (unpaired) electrons. The molecule has 1 saturated heterocycles. The Hall–Kier alpha value is -1.24. The number of anilines is 1. The monoisotopic (exact) mass is 308 g/mol. The fourth-order valence-electron chi connectivity index (χ4n) is 2.91. The number of thioether (sulfide) groups is 1. The van der Waals surface area contributed by atoms with Gasteiger partial charge >= 0.3 is 6.03 Å². The van der Waals surface area contributed by atoms with Crippen molar-refractivity contribution in [2.45, 2.75) is 36.0 Å². The van der Waals surface area contributed by atoms with E-state index in [1.165, 1.54) is 0 Å². The van der Waals surface area contributed by atoms with Gasteiger partial charge in [-0.15, -0.1) is 11.8 Å². The minimum absolute atomic E-state index is 0.104. The van der Waals surface area contributed by atoms with Crippen molar-refractivity contribution in [3.05, 3.63) is 24.3 Å². The first kappa shape index (κ1) is 14.7. The van der Waals surface area contributed by atoms with Crippen LogP contribution < -0.4 is 10.6 Å². The summed E-state index contributed by atoms with van der Waals surface area (Å²) in [5.41, 5.74) is 0.806. The van der Waals surface area contributed by atoms with E-state index in [4.69, 9.17) is 9.47 Å². The van der Waals surface area contributed by atoms with E-state index in [1.807, 2.05) is 30.5 Å². The van der Waals surface area contributed by atoms with Gasteiger partial charge in [0.2, 0.25) is 0 Å². The molecule has 1 aliphatic heterocycles. The fourth-order valence-corrected chi connectivity index (χ4v) is 3.37. The van der Waals surface area contributed by atoms with Crippen LogP contribution in [0, 0.1) is 0 Å². The molecule has 0 aromatic heterocycles. The average molecular weight is 308 g/mol. The lowest BCUT2D eigenvalue weighted by atomic mass is 10.2. The number of rotatable bonds is 3. The summed E-state index contributed by atoms with van der Waals surface area (Å²) in [6.07, 6.45) is 4.47. The lowest BCUT2D eigenvalue weighted by molar-refractivity contribution is -0.151. The Kier molecular flexibility index (Phi) is 4.37. The van der Waals surface area contributed by atoms with Crippen LogP contribution in [0.15, 0.2) is 29.2 Å². The van der Waals surface area contributed by atoms with Gasteiger partial charge in [0.25, 0.3) is 0 Å². The number of ether oxygens (including phenoxy) is 2. The number of carbonyl (C=O) groups is 1. The first-order valence-electron chi connectivity index (χ1n) is 7.19. The average Bonchev–Trinajstić information content (AvgIpc) is 3.09. The second-order valence-corrected chi connectivity index (χ2v) is 6.26. The van der Waals surface area contributed by atoms with Gasteiger partial charge < -0.3 is 20.1 Å². The fraction of sp³-hybridized carbons (Fsp3) is 0.533. The molecule has 2 amide bonds. The molecule has 1 aromatic carbocycles. The second kappa shape index (κ2) is 6.25. The Morgan fingerprint density at radius 1 is 1.38 bits per heavy atom. The molecule has 5 nitrogen and oxygen atoms in total. The minimum Gasteiger partial charge on any atom is -0.347 e. The zero-order valence-corrected chi connectivity index (χ0v) is 12.9. The van der Waals surface area contributed by atoms with Gasteiger partial charge in [-0.2, -0.15) is 0 Å². The van der Waals surface area contributed by atoms with Crippen molar-refractivity contribution in [3.63, 3.8) is 0 Å². The Labute approximate surface area is 128 Å². The van der Waals surface area contributed by atoms with Gasteiger partial charge in [-0.1, -0.05) is 6.07 Å². The smallest absolute Gasteiger partial charge is 0.319 e. The van der Waals surface area contributed by atoms with E-state index in [2.05, 4.69) is 10.6 Å². The number of nitrogens with one attached hydrogen (secondary N) is 2. The van der Waals surface area contributed by atoms with Crippen LogP contribution in [0.3, 0.4) is 0 Å². The molecule has 2 fully saturated rings. The highest BCUT2D eigenvalue weighted by atomic mass is 32.2. The minimum atomic E-state index is -0.448. The molecule has 1 spiro atoms. The Morgan fingerprint density at radius 3 is 2.95 bits per heavy atom. The maximum absolute atomic E-state index is 12.1. The maximum atomic E-state index is 12.1. The predicted octanol–water partition coefficient (Wildman–Crippen LogP) is 2.83. The number of urea groups is 1. The van der Waals surface area contributed by atoms with Gasteiger partial charge in [0, 0.05) is 29.5 Å². The molecule has 2 N–H and O–H groups in total. The summed E-state index contributed by atoms with van der Waals surface area (Å²) in [6, 6.07) is 7.73. The molecular formula is C15H20N2O3S. The predicted molar refractivity (Wildman–Crippen MR) is 82.7 cm³/mol. The highest BCUT2D eigenvalue weighted by Crippen LogP contribution is 2.37. The number of carbonyl (C=O) groups excluding carboxylic acids is 1. The summed E-state index contributed by atoms with van der Waals surface area (Å²) >= 11 is 1.65. The third-order valence-electron chi connectivity index (χ3n) is 3.91. The molecule has 1 aromatic rings. The van der Waals surface area contributed by atoms with Gasteiger partial charge in [-0.3, -0.25) is 0 Å². The van der Waals surface area contributed by atoms with Crippen molar-refractivity contribution in [1.82, 2.24) is 5.32 Å².